The van der Waals surface area contributed by atoms with Gasteiger partial charge in [0, 0.05) is 0 Å². The number of aliphatic hydroxyl groups excluding tert-OH is 1. The van der Waals surface area contributed by atoms with Gasteiger partial charge in [-0.25, -0.2) is 0 Å². The van der Waals surface area contributed by atoms with Gasteiger partial charge in [0.25, 0.3) is 0 Å². The summed E-state index contributed by atoms with van der Waals surface area (Å²) in [4.78, 5) is 10.2. The van der Waals surface area contributed by atoms with E-state index in [1.807, 2.05) is 0 Å². The lowest BCUT2D eigenvalue weighted by Gasteiger charge is -1.98. The second-order valence-electron chi connectivity index (χ2n) is 2.25. The minimum absolute atomic E-state index is 0.519. The minimum atomic E-state index is -0.878. The Morgan fingerprint density at radius 1 is 1.40 bits per heavy atom. The van der Waals surface area contributed by atoms with Crippen LogP contribution in [0.4, 0.5) is 0 Å². The molecule has 0 aromatic heterocycles. The van der Waals surface area contributed by atoms with Gasteiger partial charge in [0.15, 0.2) is 0 Å². The Morgan fingerprint density at radius 3 is 2.20 bits per heavy atom. The zero-order chi connectivity index (χ0) is 8.15. The highest BCUT2D eigenvalue weighted by molar-refractivity contribution is 5.71. The van der Waals surface area contributed by atoms with Gasteiger partial charge in [-0.3, -0.25) is 4.79 Å². The largest absolute Gasteiger partial charge is 0.481 e. The summed E-state index contributed by atoms with van der Waals surface area (Å²) < 4.78 is 0. The standard InChI is InChI=1S/C7H12O3/c1-5(7(9)10)3-4-6(2)8/h3-6,8H,1-2H3,(H,9,10)/b4-3+/t5-,6-/m1/s1. The summed E-state index contributed by atoms with van der Waals surface area (Å²) in [5.74, 6) is -1.40. The number of aliphatic hydroxyl groups is 1. The molecule has 0 aliphatic carbocycles. The van der Waals surface area contributed by atoms with E-state index in [4.69, 9.17) is 10.2 Å². The molecule has 0 bridgehead atoms. The van der Waals surface area contributed by atoms with Crippen LogP contribution in [0.5, 0.6) is 0 Å². The molecule has 0 fully saturated rings. The predicted molar refractivity (Wildman–Crippen MR) is 37.6 cm³/mol. The van der Waals surface area contributed by atoms with Crippen molar-refractivity contribution in [1.29, 1.82) is 0 Å². The highest BCUT2D eigenvalue weighted by atomic mass is 16.4. The van der Waals surface area contributed by atoms with Crippen molar-refractivity contribution in [3.63, 3.8) is 0 Å². The molecule has 0 saturated heterocycles. The third kappa shape index (κ3) is 4.09. The van der Waals surface area contributed by atoms with Crippen LogP contribution in [-0.4, -0.2) is 22.3 Å². The summed E-state index contributed by atoms with van der Waals surface area (Å²) >= 11 is 0. The quantitative estimate of drug-likeness (QED) is 0.571. The number of hydrogen-bond acceptors (Lipinski definition) is 2. The van der Waals surface area contributed by atoms with Gasteiger partial charge in [-0.05, 0) is 13.8 Å². The van der Waals surface area contributed by atoms with Crippen LogP contribution in [-0.2, 0) is 4.79 Å². The Balaban J connectivity index is 3.77. The molecule has 0 aliphatic heterocycles. The van der Waals surface area contributed by atoms with Crippen LogP contribution in [0.2, 0.25) is 0 Å². The van der Waals surface area contributed by atoms with Crippen molar-refractivity contribution in [1.82, 2.24) is 0 Å². The third-order valence-corrected chi connectivity index (χ3v) is 1.07. The molecule has 0 radical (unpaired) electrons. The van der Waals surface area contributed by atoms with Crippen LogP contribution in [0.15, 0.2) is 12.2 Å². The van der Waals surface area contributed by atoms with Crippen molar-refractivity contribution < 1.29 is 15.0 Å². The Bertz CT molecular complexity index is 138. The van der Waals surface area contributed by atoms with E-state index >= 15 is 0 Å². The first kappa shape index (κ1) is 9.17. The van der Waals surface area contributed by atoms with Gasteiger partial charge in [0.2, 0.25) is 0 Å². The first-order chi connectivity index (χ1) is 4.54. The highest BCUT2D eigenvalue weighted by Gasteiger charge is 2.04. The molecule has 0 unspecified atom stereocenters. The second kappa shape index (κ2) is 4.06. The molecule has 0 aromatic rings. The van der Waals surface area contributed by atoms with Gasteiger partial charge in [0.05, 0.1) is 12.0 Å². The molecule has 0 rings (SSSR count). The lowest BCUT2D eigenvalue weighted by Crippen LogP contribution is -2.06. The minimum Gasteiger partial charge on any atom is -0.481 e. The molecule has 3 heteroatoms. The normalized spacial score (nSPS) is 17.1. The van der Waals surface area contributed by atoms with Gasteiger partial charge in [-0.15, -0.1) is 0 Å². The van der Waals surface area contributed by atoms with Crippen LogP contribution < -0.4 is 0 Å². The lowest BCUT2D eigenvalue weighted by molar-refractivity contribution is -0.139. The van der Waals surface area contributed by atoms with E-state index in [1.165, 1.54) is 12.2 Å². The molecule has 0 saturated carbocycles. The van der Waals surface area contributed by atoms with Crippen LogP contribution in [0.25, 0.3) is 0 Å². The number of hydrogen-bond donors (Lipinski definition) is 2. The van der Waals surface area contributed by atoms with Crippen LogP contribution in [0.3, 0.4) is 0 Å². The molecule has 3 nitrogen and oxygen atoms in total. The van der Waals surface area contributed by atoms with Crippen molar-refractivity contribution in [3.05, 3.63) is 12.2 Å². The van der Waals surface area contributed by atoms with E-state index in [2.05, 4.69) is 0 Å². The van der Waals surface area contributed by atoms with Gasteiger partial charge >= 0.3 is 5.97 Å². The molecule has 0 aliphatic rings. The zero-order valence-corrected chi connectivity index (χ0v) is 6.11. The predicted octanol–water partition coefficient (Wildman–Crippen LogP) is 0.644. The maximum Gasteiger partial charge on any atom is 0.310 e. The van der Waals surface area contributed by atoms with Crippen LogP contribution in [0, 0.1) is 5.92 Å². The van der Waals surface area contributed by atoms with Crippen molar-refractivity contribution in [3.8, 4) is 0 Å². The fourth-order valence-corrected chi connectivity index (χ4v) is 0.410. The fraction of sp³-hybridized carbons (Fsp3) is 0.571. The van der Waals surface area contributed by atoms with Crippen LogP contribution >= 0.6 is 0 Å². The van der Waals surface area contributed by atoms with Gasteiger partial charge in [-0.2, -0.15) is 0 Å². The van der Waals surface area contributed by atoms with Crippen molar-refractivity contribution in [2.75, 3.05) is 0 Å². The molecule has 2 atom stereocenters. The Labute approximate surface area is 60.0 Å². The summed E-state index contributed by atoms with van der Waals surface area (Å²) in [5, 5.41) is 17.1. The molecule has 10 heavy (non-hydrogen) atoms. The zero-order valence-electron chi connectivity index (χ0n) is 6.11. The third-order valence-electron chi connectivity index (χ3n) is 1.07. The molecular formula is C7H12O3. The monoisotopic (exact) mass is 144 g/mol. The van der Waals surface area contributed by atoms with E-state index in [0.29, 0.717) is 0 Å². The molecular weight excluding hydrogens is 132 g/mol. The Hall–Kier alpha value is -0.830. The number of aliphatic carboxylic acids is 1. The van der Waals surface area contributed by atoms with E-state index in [-0.39, 0.29) is 0 Å². The van der Waals surface area contributed by atoms with Crippen molar-refractivity contribution >= 4 is 5.97 Å². The maximum atomic E-state index is 10.2. The Morgan fingerprint density at radius 2 is 1.90 bits per heavy atom. The molecule has 0 amide bonds. The van der Waals surface area contributed by atoms with E-state index in [0.717, 1.165) is 0 Å². The summed E-state index contributed by atoms with van der Waals surface area (Å²) in [6.07, 6.45) is 2.35. The topological polar surface area (TPSA) is 57.5 Å². The van der Waals surface area contributed by atoms with Crippen LogP contribution in [0.1, 0.15) is 13.8 Å². The number of carboxylic acids is 1. The van der Waals surface area contributed by atoms with Gasteiger partial charge in [0.1, 0.15) is 0 Å². The summed E-state index contributed by atoms with van der Waals surface area (Å²) in [6, 6.07) is 0. The summed E-state index contributed by atoms with van der Waals surface area (Å²) in [5.41, 5.74) is 0. The number of rotatable bonds is 3. The van der Waals surface area contributed by atoms with E-state index in [9.17, 15) is 4.79 Å². The molecule has 0 spiro atoms. The molecule has 0 aromatic carbocycles. The van der Waals surface area contributed by atoms with Crippen molar-refractivity contribution in [2.45, 2.75) is 20.0 Å². The average Bonchev–Trinajstić information content (AvgIpc) is 1.82. The Kier molecular flexibility index (Phi) is 3.72. The fourth-order valence-electron chi connectivity index (χ4n) is 0.410. The van der Waals surface area contributed by atoms with Gasteiger partial charge in [-0.1, -0.05) is 12.2 Å². The van der Waals surface area contributed by atoms with E-state index < -0.39 is 18.0 Å². The molecule has 58 valence electrons. The molecule has 2 N–H and O–H groups in total. The SMILES string of the molecule is C[C@H](/C=C/[C@@H](C)O)C(=O)O. The smallest absolute Gasteiger partial charge is 0.310 e. The summed E-state index contributed by atoms with van der Waals surface area (Å²) in [6.45, 7) is 3.13. The first-order valence-electron chi connectivity index (χ1n) is 3.13. The number of carboxylic acid groups (broad SMARTS) is 1. The van der Waals surface area contributed by atoms with Gasteiger partial charge < -0.3 is 10.2 Å². The second-order valence-corrected chi connectivity index (χ2v) is 2.25. The average molecular weight is 144 g/mol. The molecule has 0 heterocycles. The number of carbonyl (C=O) groups is 1. The lowest BCUT2D eigenvalue weighted by atomic mass is 10.1. The van der Waals surface area contributed by atoms with Crippen molar-refractivity contribution in [2.24, 2.45) is 5.92 Å². The maximum absolute atomic E-state index is 10.2. The highest BCUT2D eigenvalue weighted by Crippen LogP contribution is 1.97. The van der Waals surface area contributed by atoms with E-state index in [1.54, 1.807) is 13.8 Å². The summed E-state index contributed by atoms with van der Waals surface area (Å²) in [7, 11) is 0. The first-order valence-corrected chi connectivity index (χ1v) is 3.13.